The third kappa shape index (κ3) is 4.80. The van der Waals surface area contributed by atoms with Gasteiger partial charge >= 0.3 is 5.97 Å². The van der Waals surface area contributed by atoms with Gasteiger partial charge in [-0.1, -0.05) is 18.7 Å². The van der Waals surface area contributed by atoms with E-state index in [1.807, 2.05) is 6.07 Å². The second kappa shape index (κ2) is 8.04. The molecule has 2 N–H and O–H groups in total. The normalized spacial score (nSPS) is 11.4. The van der Waals surface area contributed by atoms with Crippen LogP contribution in [0, 0.1) is 17.1 Å². The lowest BCUT2D eigenvalue weighted by Gasteiger charge is -2.08. The van der Waals surface area contributed by atoms with E-state index in [9.17, 15) is 9.18 Å². The minimum atomic E-state index is -0.766. The summed E-state index contributed by atoms with van der Waals surface area (Å²) in [6, 6.07) is 5.10. The van der Waals surface area contributed by atoms with Crippen LogP contribution in [-0.4, -0.2) is 25.2 Å². The van der Waals surface area contributed by atoms with Crippen molar-refractivity contribution in [1.82, 2.24) is 0 Å². The molecule has 5 nitrogen and oxygen atoms in total. The molecule has 0 aliphatic carbocycles. The molecule has 0 amide bonds. The molecule has 0 bridgehead atoms. The van der Waals surface area contributed by atoms with Gasteiger partial charge in [0.05, 0.1) is 24.8 Å². The Kier molecular flexibility index (Phi) is 6.37. The Morgan fingerprint density at radius 1 is 1.60 bits per heavy atom. The Balaban J connectivity index is 2.68. The van der Waals surface area contributed by atoms with Gasteiger partial charge in [-0.3, -0.25) is 0 Å². The van der Waals surface area contributed by atoms with Gasteiger partial charge in [0.15, 0.2) is 0 Å². The van der Waals surface area contributed by atoms with Crippen molar-refractivity contribution in [3.8, 4) is 6.07 Å². The summed E-state index contributed by atoms with van der Waals surface area (Å²) in [7, 11) is 0. The Morgan fingerprint density at radius 3 is 3.00 bits per heavy atom. The first-order chi connectivity index (χ1) is 9.58. The van der Waals surface area contributed by atoms with Crippen LogP contribution in [0.1, 0.15) is 15.9 Å². The van der Waals surface area contributed by atoms with E-state index < -0.39 is 17.8 Å². The first-order valence-electron chi connectivity index (χ1n) is 5.88. The topological polar surface area (TPSA) is 85.3 Å². The molecule has 1 atom stereocenters. The molecule has 0 radical (unpaired) electrons. The minimum Gasteiger partial charge on any atom is -0.458 e. The van der Waals surface area contributed by atoms with E-state index >= 15 is 0 Å². The van der Waals surface area contributed by atoms with Crippen LogP contribution in [0.4, 0.5) is 4.39 Å². The van der Waals surface area contributed by atoms with Gasteiger partial charge < -0.3 is 15.2 Å². The monoisotopic (exact) mass is 278 g/mol. The molecule has 0 saturated heterocycles. The van der Waals surface area contributed by atoms with Gasteiger partial charge in [0.1, 0.15) is 18.5 Å². The summed E-state index contributed by atoms with van der Waals surface area (Å²) < 4.78 is 23.5. The fraction of sp³-hybridized carbons (Fsp3) is 0.286. The van der Waals surface area contributed by atoms with Gasteiger partial charge in [0, 0.05) is 0 Å². The summed E-state index contributed by atoms with van der Waals surface area (Å²) in [5, 5.41) is 8.49. The maximum absolute atomic E-state index is 13.5. The molecule has 1 rings (SSSR count). The van der Waals surface area contributed by atoms with Gasteiger partial charge in [0.2, 0.25) is 0 Å². The third-order valence-electron chi connectivity index (χ3n) is 2.31. The second-order valence-corrected chi connectivity index (χ2v) is 3.95. The molecular weight excluding hydrogens is 263 g/mol. The van der Waals surface area contributed by atoms with Crippen LogP contribution in [0.15, 0.2) is 30.9 Å². The molecular formula is C14H15FN2O3. The average Bonchev–Trinajstić information content (AvgIpc) is 2.46. The number of hydrogen-bond donors (Lipinski definition) is 1. The molecule has 0 spiro atoms. The number of nitrogens with zero attached hydrogens (tertiary/aromatic N) is 1. The van der Waals surface area contributed by atoms with Gasteiger partial charge in [-0.05, 0) is 17.7 Å². The second-order valence-electron chi connectivity index (χ2n) is 3.95. The van der Waals surface area contributed by atoms with E-state index in [-0.39, 0.29) is 25.4 Å². The number of carbonyl (C=O) groups excluding carboxylic acids is 1. The van der Waals surface area contributed by atoms with Gasteiger partial charge in [-0.15, -0.1) is 0 Å². The van der Waals surface area contributed by atoms with Gasteiger partial charge in [-0.25, -0.2) is 9.18 Å². The van der Waals surface area contributed by atoms with Crippen LogP contribution in [0.2, 0.25) is 0 Å². The van der Waals surface area contributed by atoms with Crippen molar-refractivity contribution in [2.45, 2.75) is 12.6 Å². The summed E-state index contributed by atoms with van der Waals surface area (Å²) in [6.07, 6.45) is 1.39. The van der Waals surface area contributed by atoms with Crippen LogP contribution >= 0.6 is 0 Å². The molecule has 1 aromatic rings. The standard InChI is InChI=1S/C14H15FN2O3/c1-2-5-20-14(18)12-6-10(3-4-13(12)15)8-19-9-11(17)7-16/h2-4,6,11H,1,5,8-9,17H2/t11-/m0/s1. The fourth-order valence-electron chi connectivity index (χ4n) is 1.37. The Morgan fingerprint density at radius 2 is 2.35 bits per heavy atom. The number of halogens is 1. The molecule has 20 heavy (non-hydrogen) atoms. The smallest absolute Gasteiger partial charge is 0.341 e. The SMILES string of the molecule is C=CCOC(=O)c1cc(COC[C@@H](N)C#N)ccc1F. The zero-order valence-electron chi connectivity index (χ0n) is 10.8. The number of esters is 1. The maximum atomic E-state index is 13.5. The predicted molar refractivity (Wildman–Crippen MR) is 70.1 cm³/mol. The number of rotatable bonds is 7. The number of hydrogen-bond acceptors (Lipinski definition) is 5. The maximum Gasteiger partial charge on any atom is 0.341 e. The van der Waals surface area contributed by atoms with E-state index in [1.54, 1.807) is 0 Å². The van der Waals surface area contributed by atoms with E-state index in [0.29, 0.717) is 5.56 Å². The molecule has 0 aromatic heterocycles. The number of nitrogens with two attached hydrogens (primary N) is 1. The van der Waals surface area contributed by atoms with E-state index in [0.717, 1.165) is 6.07 Å². The summed E-state index contributed by atoms with van der Waals surface area (Å²) >= 11 is 0. The number of nitriles is 1. The lowest BCUT2D eigenvalue weighted by molar-refractivity contribution is 0.0544. The summed E-state index contributed by atoms with van der Waals surface area (Å²) in [4.78, 5) is 11.6. The van der Waals surface area contributed by atoms with Crippen LogP contribution in [0.5, 0.6) is 0 Å². The Labute approximate surface area is 116 Å². The number of benzene rings is 1. The molecule has 1 aromatic carbocycles. The van der Waals surface area contributed by atoms with Gasteiger partial charge in [0.25, 0.3) is 0 Å². The molecule has 106 valence electrons. The third-order valence-corrected chi connectivity index (χ3v) is 2.31. The first kappa shape index (κ1) is 15.8. The molecule has 6 heteroatoms. The zero-order valence-corrected chi connectivity index (χ0v) is 10.8. The van der Waals surface area contributed by atoms with Crippen molar-refractivity contribution in [2.75, 3.05) is 13.2 Å². The quantitative estimate of drug-likeness (QED) is 0.604. The van der Waals surface area contributed by atoms with Crippen molar-refractivity contribution in [3.05, 3.63) is 47.8 Å². The highest BCUT2D eigenvalue weighted by Crippen LogP contribution is 2.13. The van der Waals surface area contributed by atoms with E-state index in [1.165, 1.54) is 18.2 Å². The Hall–Kier alpha value is -2.23. The highest BCUT2D eigenvalue weighted by Gasteiger charge is 2.13. The van der Waals surface area contributed by atoms with Crippen molar-refractivity contribution in [2.24, 2.45) is 5.73 Å². The minimum absolute atomic E-state index is 0.00994. The molecule has 0 aliphatic heterocycles. The number of carbonyl (C=O) groups is 1. The summed E-state index contributed by atoms with van der Waals surface area (Å²) in [6.45, 7) is 3.59. The van der Waals surface area contributed by atoms with Crippen molar-refractivity contribution < 1.29 is 18.7 Å². The van der Waals surface area contributed by atoms with Crippen LogP contribution in [0.25, 0.3) is 0 Å². The highest BCUT2D eigenvalue weighted by atomic mass is 19.1. The van der Waals surface area contributed by atoms with E-state index in [2.05, 4.69) is 6.58 Å². The first-order valence-corrected chi connectivity index (χ1v) is 5.88. The van der Waals surface area contributed by atoms with Crippen LogP contribution in [0.3, 0.4) is 0 Å². The van der Waals surface area contributed by atoms with Crippen LogP contribution < -0.4 is 5.73 Å². The van der Waals surface area contributed by atoms with Crippen molar-refractivity contribution in [1.29, 1.82) is 5.26 Å². The van der Waals surface area contributed by atoms with Gasteiger partial charge in [-0.2, -0.15) is 5.26 Å². The fourth-order valence-corrected chi connectivity index (χ4v) is 1.37. The molecule has 0 saturated carbocycles. The Bertz CT molecular complexity index is 526. The summed E-state index contributed by atoms with van der Waals surface area (Å²) in [5.41, 5.74) is 5.78. The highest BCUT2D eigenvalue weighted by molar-refractivity contribution is 5.90. The molecule has 0 unspecified atom stereocenters. The summed E-state index contributed by atoms with van der Waals surface area (Å²) in [5.74, 6) is -1.44. The molecule has 0 heterocycles. The van der Waals surface area contributed by atoms with E-state index in [4.69, 9.17) is 20.5 Å². The predicted octanol–water partition coefficient (Wildman–Crippen LogP) is 1.54. The average molecular weight is 278 g/mol. The lowest BCUT2D eigenvalue weighted by Crippen LogP contribution is -2.23. The lowest BCUT2D eigenvalue weighted by atomic mass is 10.1. The largest absolute Gasteiger partial charge is 0.458 e. The number of ether oxygens (including phenoxy) is 2. The molecule has 0 fully saturated rings. The molecule has 0 aliphatic rings. The zero-order chi connectivity index (χ0) is 15.0. The van der Waals surface area contributed by atoms with Crippen molar-refractivity contribution in [3.63, 3.8) is 0 Å². The van der Waals surface area contributed by atoms with Crippen LogP contribution in [-0.2, 0) is 16.1 Å². The van der Waals surface area contributed by atoms with Crippen molar-refractivity contribution >= 4 is 5.97 Å².